The van der Waals surface area contributed by atoms with E-state index in [9.17, 15) is 14.7 Å². The van der Waals surface area contributed by atoms with Crippen molar-refractivity contribution in [1.29, 1.82) is 0 Å². The molecule has 1 aromatic rings. The SMILES string of the molecule is CCN1C(=O)/C(=C/c2cc(OC)c(O)c(Br)c2Br)C(=O)NC1=S. The van der Waals surface area contributed by atoms with Gasteiger partial charge in [0.25, 0.3) is 11.8 Å². The summed E-state index contributed by atoms with van der Waals surface area (Å²) >= 11 is 11.5. The van der Waals surface area contributed by atoms with Gasteiger partial charge >= 0.3 is 0 Å². The first kappa shape index (κ1) is 17.9. The quantitative estimate of drug-likeness (QED) is 0.409. The van der Waals surface area contributed by atoms with Gasteiger partial charge in [-0.15, -0.1) is 0 Å². The number of phenolic OH excluding ortho intramolecular Hbond substituents is 1. The molecule has 122 valence electrons. The minimum atomic E-state index is -0.570. The highest BCUT2D eigenvalue weighted by atomic mass is 79.9. The number of halogens is 2. The molecule has 1 heterocycles. The van der Waals surface area contributed by atoms with Crippen molar-refractivity contribution >= 4 is 67.1 Å². The Balaban J connectivity index is 2.57. The van der Waals surface area contributed by atoms with E-state index >= 15 is 0 Å². The second-order valence-corrected chi connectivity index (χ2v) is 6.48. The second kappa shape index (κ2) is 6.98. The van der Waals surface area contributed by atoms with E-state index in [-0.39, 0.29) is 22.2 Å². The van der Waals surface area contributed by atoms with Gasteiger partial charge in [0.05, 0.1) is 11.6 Å². The predicted molar refractivity (Wildman–Crippen MR) is 96.2 cm³/mol. The third kappa shape index (κ3) is 3.26. The first-order valence-corrected chi connectivity index (χ1v) is 8.45. The summed E-state index contributed by atoms with van der Waals surface area (Å²) in [6.45, 7) is 2.11. The van der Waals surface area contributed by atoms with Crippen molar-refractivity contribution in [3.05, 3.63) is 26.1 Å². The molecular weight excluding hydrogens is 452 g/mol. The molecule has 1 aromatic carbocycles. The molecule has 2 rings (SSSR count). The lowest BCUT2D eigenvalue weighted by atomic mass is 10.1. The number of nitrogens with zero attached hydrogens (tertiary/aromatic N) is 1. The van der Waals surface area contributed by atoms with Crippen LogP contribution in [-0.4, -0.2) is 40.6 Å². The van der Waals surface area contributed by atoms with E-state index in [2.05, 4.69) is 37.2 Å². The van der Waals surface area contributed by atoms with Gasteiger partial charge in [-0.3, -0.25) is 19.8 Å². The fourth-order valence-electron chi connectivity index (χ4n) is 2.01. The molecule has 0 saturated carbocycles. The number of hydrogen-bond acceptors (Lipinski definition) is 5. The van der Waals surface area contributed by atoms with E-state index in [1.54, 1.807) is 6.92 Å². The average molecular weight is 464 g/mol. The molecule has 9 heteroatoms. The maximum Gasteiger partial charge on any atom is 0.265 e. The number of methoxy groups -OCH3 is 1. The Morgan fingerprint density at radius 1 is 1.39 bits per heavy atom. The third-order valence-corrected chi connectivity index (χ3v) is 5.68. The summed E-state index contributed by atoms with van der Waals surface area (Å²) in [7, 11) is 1.40. The van der Waals surface area contributed by atoms with Gasteiger partial charge in [0.2, 0.25) is 0 Å². The van der Waals surface area contributed by atoms with Gasteiger partial charge in [-0.1, -0.05) is 0 Å². The molecule has 6 nitrogen and oxygen atoms in total. The van der Waals surface area contributed by atoms with E-state index < -0.39 is 11.8 Å². The summed E-state index contributed by atoms with van der Waals surface area (Å²) in [6, 6.07) is 1.51. The Hall–Kier alpha value is -1.45. The van der Waals surface area contributed by atoms with E-state index in [1.165, 1.54) is 24.2 Å². The molecule has 0 radical (unpaired) electrons. The molecule has 2 amide bonds. The number of likely N-dealkylation sites (N-methyl/N-ethyl adjacent to an activating group) is 1. The first-order chi connectivity index (χ1) is 10.8. The maximum absolute atomic E-state index is 12.4. The highest BCUT2D eigenvalue weighted by molar-refractivity contribution is 9.13. The summed E-state index contributed by atoms with van der Waals surface area (Å²) in [6.07, 6.45) is 1.42. The molecule has 0 spiro atoms. The summed E-state index contributed by atoms with van der Waals surface area (Å²) in [5.41, 5.74) is 0.440. The van der Waals surface area contributed by atoms with Crippen LogP contribution in [0, 0.1) is 0 Å². The van der Waals surface area contributed by atoms with Gasteiger partial charge in [0.15, 0.2) is 16.6 Å². The van der Waals surface area contributed by atoms with E-state index in [1.807, 2.05) is 0 Å². The fraction of sp³-hybridized carbons (Fsp3) is 0.214. The minimum absolute atomic E-state index is 0.0548. The van der Waals surface area contributed by atoms with E-state index in [0.29, 0.717) is 21.1 Å². The van der Waals surface area contributed by atoms with Crippen molar-refractivity contribution in [2.75, 3.05) is 13.7 Å². The van der Waals surface area contributed by atoms with Gasteiger partial charge in [-0.05, 0) is 68.7 Å². The monoisotopic (exact) mass is 462 g/mol. The largest absolute Gasteiger partial charge is 0.503 e. The number of benzene rings is 1. The highest BCUT2D eigenvalue weighted by Crippen LogP contribution is 2.42. The molecule has 0 atom stereocenters. The van der Waals surface area contributed by atoms with Crippen LogP contribution in [0.2, 0.25) is 0 Å². The summed E-state index contributed by atoms with van der Waals surface area (Å²) in [5.74, 6) is -0.924. The number of thiocarbonyl (C=S) groups is 1. The maximum atomic E-state index is 12.4. The van der Waals surface area contributed by atoms with Crippen LogP contribution in [0.25, 0.3) is 6.08 Å². The minimum Gasteiger partial charge on any atom is -0.503 e. The van der Waals surface area contributed by atoms with E-state index in [4.69, 9.17) is 17.0 Å². The van der Waals surface area contributed by atoms with Crippen LogP contribution >= 0.6 is 44.1 Å². The number of ether oxygens (including phenoxy) is 1. The van der Waals surface area contributed by atoms with Crippen molar-refractivity contribution in [3.8, 4) is 11.5 Å². The number of carbonyl (C=O) groups excluding carboxylic acids is 2. The van der Waals surface area contributed by atoms with Crippen LogP contribution in [0.5, 0.6) is 11.5 Å². The van der Waals surface area contributed by atoms with Gasteiger partial charge in [-0.2, -0.15) is 0 Å². The zero-order chi connectivity index (χ0) is 17.3. The number of nitrogens with one attached hydrogen (secondary N) is 1. The number of carbonyl (C=O) groups is 2. The first-order valence-electron chi connectivity index (χ1n) is 6.45. The van der Waals surface area contributed by atoms with Crippen LogP contribution in [-0.2, 0) is 9.59 Å². The molecule has 0 aliphatic carbocycles. The van der Waals surface area contributed by atoms with Gasteiger partial charge < -0.3 is 9.84 Å². The number of phenols is 1. The normalized spacial score (nSPS) is 16.8. The van der Waals surface area contributed by atoms with Crippen LogP contribution < -0.4 is 10.1 Å². The molecule has 1 saturated heterocycles. The van der Waals surface area contributed by atoms with Crippen LogP contribution in [0.1, 0.15) is 12.5 Å². The van der Waals surface area contributed by atoms with Crippen molar-refractivity contribution < 1.29 is 19.4 Å². The van der Waals surface area contributed by atoms with Crippen molar-refractivity contribution in [1.82, 2.24) is 10.2 Å². The second-order valence-electron chi connectivity index (χ2n) is 4.51. The summed E-state index contributed by atoms with van der Waals surface area (Å²) in [5, 5.41) is 12.5. The topological polar surface area (TPSA) is 78.9 Å². The fourth-order valence-corrected chi connectivity index (χ4v) is 3.15. The molecular formula is C14H12Br2N2O4S. The van der Waals surface area contributed by atoms with Crippen LogP contribution in [0.4, 0.5) is 0 Å². The number of aromatic hydroxyl groups is 1. The molecule has 0 unspecified atom stereocenters. The Morgan fingerprint density at radius 3 is 2.61 bits per heavy atom. The number of amides is 2. The summed E-state index contributed by atoms with van der Waals surface area (Å²) in [4.78, 5) is 25.8. The highest BCUT2D eigenvalue weighted by Gasteiger charge is 2.32. The lowest BCUT2D eigenvalue weighted by Crippen LogP contribution is -2.53. The zero-order valence-electron chi connectivity index (χ0n) is 12.1. The van der Waals surface area contributed by atoms with Gasteiger partial charge in [0.1, 0.15) is 5.57 Å². The molecule has 0 aromatic heterocycles. The van der Waals surface area contributed by atoms with Crippen molar-refractivity contribution in [3.63, 3.8) is 0 Å². The molecule has 1 fully saturated rings. The molecule has 0 bridgehead atoms. The lowest BCUT2D eigenvalue weighted by molar-refractivity contribution is -0.128. The lowest BCUT2D eigenvalue weighted by Gasteiger charge is -2.27. The van der Waals surface area contributed by atoms with Crippen molar-refractivity contribution in [2.45, 2.75) is 6.92 Å². The standard InChI is InChI=1S/C14H12Br2N2O4S/c1-3-18-13(21)7(12(20)17-14(18)23)4-6-5-8(22-2)11(19)10(16)9(6)15/h4-5,19H,3H2,1-2H3,(H,17,20,23)/b7-4+. The molecule has 1 aliphatic rings. The Kier molecular flexibility index (Phi) is 5.43. The predicted octanol–water partition coefficient (Wildman–Crippen LogP) is 2.57. The number of rotatable bonds is 3. The van der Waals surface area contributed by atoms with Gasteiger partial charge in [0, 0.05) is 11.0 Å². The molecule has 1 aliphatic heterocycles. The molecule has 23 heavy (non-hydrogen) atoms. The Labute approximate surface area is 154 Å². The van der Waals surface area contributed by atoms with Crippen molar-refractivity contribution in [2.24, 2.45) is 0 Å². The summed E-state index contributed by atoms with van der Waals surface area (Å²) < 4.78 is 5.92. The van der Waals surface area contributed by atoms with Crippen LogP contribution in [0.15, 0.2) is 20.6 Å². The Bertz CT molecular complexity index is 749. The third-order valence-electron chi connectivity index (χ3n) is 3.20. The Morgan fingerprint density at radius 2 is 2.04 bits per heavy atom. The van der Waals surface area contributed by atoms with Gasteiger partial charge in [-0.25, -0.2) is 0 Å². The molecule has 2 N–H and O–H groups in total. The average Bonchev–Trinajstić information content (AvgIpc) is 2.51. The van der Waals surface area contributed by atoms with Crippen LogP contribution in [0.3, 0.4) is 0 Å². The zero-order valence-corrected chi connectivity index (χ0v) is 16.1. The van der Waals surface area contributed by atoms with E-state index in [0.717, 1.165) is 0 Å². The smallest absolute Gasteiger partial charge is 0.265 e. The number of hydrogen-bond donors (Lipinski definition) is 2.